The Morgan fingerprint density at radius 3 is 2.39 bits per heavy atom. The first-order valence-electron chi connectivity index (χ1n) is 6.78. The van der Waals surface area contributed by atoms with Crippen molar-refractivity contribution in [2.75, 3.05) is 5.75 Å². The molecule has 2 aliphatic rings. The first-order chi connectivity index (χ1) is 8.50. The summed E-state index contributed by atoms with van der Waals surface area (Å²) in [5, 5.41) is 2.00. The summed E-state index contributed by atoms with van der Waals surface area (Å²) in [6, 6.07) is -0.0858. The van der Waals surface area contributed by atoms with Gasteiger partial charge in [0.25, 0.3) is 0 Å². The standard InChI is InChI=1S/C12H22N2O3S/c13-9-5-1-2-6-10(9)14-12(15)11-7-3-4-8-18(11,16)17/h9-11H,1-8,13H2,(H,14,15)/t9-,10-,11?/m1/s1. The van der Waals surface area contributed by atoms with Gasteiger partial charge < -0.3 is 11.1 Å². The topological polar surface area (TPSA) is 89.3 Å². The zero-order valence-corrected chi connectivity index (χ0v) is 11.4. The summed E-state index contributed by atoms with van der Waals surface area (Å²) in [6.07, 6.45) is 5.85. The van der Waals surface area contributed by atoms with Gasteiger partial charge in [-0.3, -0.25) is 4.79 Å². The van der Waals surface area contributed by atoms with E-state index in [2.05, 4.69) is 5.32 Å². The molecule has 0 spiro atoms. The third-order valence-electron chi connectivity index (χ3n) is 4.02. The summed E-state index contributed by atoms with van der Waals surface area (Å²) in [6.45, 7) is 0. The van der Waals surface area contributed by atoms with Crippen molar-refractivity contribution in [1.29, 1.82) is 0 Å². The molecule has 0 bridgehead atoms. The third kappa shape index (κ3) is 3.03. The molecular weight excluding hydrogens is 252 g/mol. The van der Waals surface area contributed by atoms with Crippen molar-refractivity contribution in [1.82, 2.24) is 5.32 Å². The van der Waals surface area contributed by atoms with Crippen LogP contribution in [0, 0.1) is 0 Å². The average molecular weight is 274 g/mol. The largest absolute Gasteiger partial charge is 0.351 e. The van der Waals surface area contributed by atoms with E-state index in [9.17, 15) is 13.2 Å². The Hall–Kier alpha value is -0.620. The van der Waals surface area contributed by atoms with Gasteiger partial charge in [-0.2, -0.15) is 0 Å². The van der Waals surface area contributed by atoms with Crippen molar-refractivity contribution in [3.8, 4) is 0 Å². The first kappa shape index (κ1) is 13.8. The molecule has 0 aromatic carbocycles. The Morgan fingerprint density at radius 1 is 1.06 bits per heavy atom. The van der Waals surface area contributed by atoms with Gasteiger partial charge in [0.1, 0.15) is 5.25 Å². The van der Waals surface area contributed by atoms with Crippen LogP contribution in [0.1, 0.15) is 44.9 Å². The van der Waals surface area contributed by atoms with Crippen molar-refractivity contribution in [3.63, 3.8) is 0 Å². The predicted octanol–water partition coefficient (Wildman–Crippen LogP) is 0.340. The highest BCUT2D eigenvalue weighted by Gasteiger charge is 2.36. The lowest BCUT2D eigenvalue weighted by Gasteiger charge is -2.31. The minimum Gasteiger partial charge on any atom is -0.351 e. The van der Waals surface area contributed by atoms with Crippen LogP contribution in [0.4, 0.5) is 0 Å². The molecule has 2 rings (SSSR count). The normalized spacial score (nSPS) is 35.9. The number of hydrogen-bond acceptors (Lipinski definition) is 4. The molecule has 2 fully saturated rings. The van der Waals surface area contributed by atoms with E-state index in [1.165, 1.54) is 0 Å². The molecule has 3 atom stereocenters. The molecule has 1 saturated heterocycles. The summed E-state index contributed by atoms with van der Waals surface area (Å²) in [4.78, 5) is 12.1. The Morgan fingerprint density at radius 2 is 1.72 bits per heavy atom. The van der Waals surface area contributed by atoms with Crippen LogP contribution in [0.25, 0.3) is 0 Å². The second-order valence-electron chi connectivity index (χ2n) is 5.41. The fraction of sp³-hybridized carbons (Fsp3) is 0.917. The summed E-state index contributed by atoms with van der Waals surface area (Å²) < 4.78 is 23.7. The number of sulfone groups is 1. The van der Waals surface area contributed by atoms with Crippen LogP contribution in [0.3, 0.4) is 0 Å². The maximum Gasteiger partial charge on any atom is 0.238 e. The van der Waals surface area contributed by atoms with Crippen LogP contribution in [-0.2, 0) is 14.6 Å². The van der Waals surface area contributed by atoms with Crippen LogP contribution in [-0.4, -0.2) is 37.4 Å². The van der Waals surface area contributed by atoms with Crippen LogP contribution in [0.15, 0.2) is 0 Å². The molecular formula is C12H22N2O3S. The Kier molecular flexibility index (Phi) is 4.27. The second-order valence-corrected chi connectivity index (χ2v) is 7.72. The molecule has 1 unspecified atom stereocenters. The smallest absolute Gasteiger partial charge is 0.238 e. The predicted molar refractivity (Wildman–Crippen MR) is 69.8 cm³/mol. The number of hydrogen-bond donors (Lipinski definition) is 2. The molecule has 5 nitrogen and oxygen atoms in total. The average Bonchev–Trinajstić information content (AvgIpc) is 2.31. The highest BCUT2D eigenvalue weighted by atomic mass is 32.2. The van der Waals surface area contributed by atoms with E-state index in [4.69, 9.17) is 5.73 Å². The van der Waals surface area contributed by atoms with E-state index < -0.39 is 15.1 Å². The van der Waals surface area contributed by atoms with E-state index in [0.717, 1.165) is 32.1 Å². The first-order valence-corrected chi connectivity index (χ1v) is 8.50. The lowest BCUT2D eigenvalue weighted by Crippen LogP contribution is -2.53. The van der Waals surface area contributed by atoms with Gasteiger partial charge in [0.05, 0.1) is 5.75 Å². The maximum absolute atomic E-state index is 12.1. The molecule has 0 aromatic heterocycles. The number of nitrogens with two attached hydrogens (primary N) is 1. The van der Waals surface area contributed by atoms with Crippen molar-refractivity contribution in [3.05, 3.63) is 0 Å². The zero-order valence-electron chi connectivity index (χ0n) is 10.6. The number of carbonyl (C=O) groups excluding carboxylic acids is 1. The van der Waals surface area contributed by atoms with Crippen LogP contribution < -0.4 is 11.1 Å². The third-order valence-corrected chi connectivity index (χ3v) is 6.19. The number of nitrogens with one attached hydrogen (secondary N) is 1. The minimum absolute atomic E-state index is 0.0333. The molecule has 6 heteroatoms. The summed E-state index contributed by atoms with van der Waals surface area (Å²) in [5.74, 6) is -0.195. The van der Waals surface area contributed by atoms with Gasteiger partial charge in [-0.15, -0.1) is 0 Å². The van der Waals surface area contributed by atoms with E-state index in [-0.39, 0.29) is 23.7 Å². The zero-order chi connectivity index (χ0) is 13.2. The van der Waals surface area contributed by atoms with Gasteiger partial charge in [-0.1, -0.05) is 19.3 Å². The van der Waals surface area contributed by atoms with E-state index >= 15 is 0 Å². The molecule has 104 valence electrons. The highest BCUT2D eigenvalue weighted by molar-refractivity contribution is 7.92. The van der Waals surface area contributed by atoms with Gasteiger partial charge >= 0.3 is 0 Å². The summed E-state index contributed by atoms with van der Waals surface area (Å²) in [7, 11) is -3.24. The molecule has 0 radical (unpaired) electrons. The Labute approximate surface area is 108 Å². The van der Waals surface area contributed by atoms with Gasteiger partial charge in [0.15, 0.2) is 9.84 Å². The second kappa shape index (κ2) is 5.57. The Balaban J connectivity index is 1.98. The van der Waals surface area contributed by atoms with E-state index in [1.807, 2.05) is 0 Å². The van der Waals surface area contributed by atoms with Crippen molar-refractivity contribution in [2.24, 2.45) is 5.73 Å². The van der Waals surface area contributed by atoms with Crippen LogP contribution in [0.2, 0.25) is 0 Å². The molecule has 0 aromatic rings. The van der Waals surface area contributed by atoms with E-state index in [0.29, 0.717) is 12.8 Å². The van der Waals surface area contributed by atoms with Crippen LogP contribution in [0.5, 0.6) is 0 Å². The fourth-order valence-electron chi connectivity index (χ4n) is 2.86. The molecule has 3 N–H and O–H groups in total. The monoisotopic (exact) mass is 274 g/mol. The van der Waals surface area contributed by atoms with E-state index in [1.54, 1.807) is 0 Å². The lowest BCUT2D eigenvalue weighted by atomic mass is 9.91. The molecule has 1 saturated carbocycles. The summed E-state index contributed by atoms with van der Waals surface area (Å²) >= 11 is 0. The van der Waals surface area contributed by atoms with Crippen molar-refractivity contribution < 1.29 is 13.2 Å². The van der Waals surface area contributed by atoms with Crippen molar-refractivity contribution >= 4 is 15.7 Å². The lowest BCUT2D eigenvalue weighted by molar-refractivity contribution is -0.121. The van der Waals surface area contributed by atoms with Gasteiger partial charge in [0.2, 0.25) is 5.91 Å². The Bertz CT molecular complexity index is 408. The number of carbonyl (C=O) groups is 1. The van der Waals surface area contributed by atoms with Crippen molar-refractivity contribution in [2.45, 2.75) is 62.3 Å². The maximum atomic E-state index is 12.1. The van der Waals surface area contributed by atoms with Gasteiger partial charge in [0, 0.05) is 12.1 Å². The number of amides is 1. The minimum atomic E-state index is -3.24. The molecule has 1 amide bonds. The number of rotatable bonds is 2. The van der Waals surface area contributed by atoms with Gasteiger partial charge in [-0.25, -0.2) is 8.42 Å². The quantitative estimate of drug-likeness (QED) is 0.760. The molecule has 1 heterocycles. The fourth-order valence-corrected chi connectivity index (χ4v) is 4.67. The molecule has 18 heavy (non-hydrogen) atoms. The SMILES string of the molecule is N[C@@H]1CCCC[C@H]1NC(=O)C1CCCCS1(=O)=O. The van der Waals surface area contributed by atoms with Gasteiger partial charge in [-0.05, 0) is 25.7 Å². The summed E-state index contributed by atoms with van der Waals surface area (Å²) in [5.41, 5.74) is 5.96. The molecule has 1 aliphatic carbocycles. The highest BCUT2D eigenvalue weighted by Crippen LogP contribution is 2.21. The molecule has 1 aliphatic heterocycles. The van der Waals surface area contributed by atoms with Crippen LogP contribution >= 0.6 is 0 Å².